The highest BCUT2D eigenvalue weighted by molar-refractivity contribution is 5.41. The molecular weight excluding hydrogens is 258 g/mol. The Labute approximate surface area is 127 Å². The van der Waals surface area contributed by atoms with Gasteiger partial charge in [0.1, 0.15) is 5.75 Å². The van der Waals surface area contributed by atoms with E-state index in [4.69, 9.17) is 4.74 Å². The molecule has 0 spiro atoms. The number of benzene rings is 2. The molecule has 0 radical (unpaired) electrons. The Bertz CT molecular complexity index is 648. The molecule has 2 heteroatoms. The van der Waals surface area contributed by atoms with Gasteiger partial charge in [0.25, 0.3) is 0 Å². The van der Waals surface area contributed by atoms with Gasteiger partial charge in [-0.15, -0.1) is 0 Å². The van der Waals surface area contributed by atoms with E-state index in [0.29, 0.717) is 0 Å². The standard InChI is InChI=1S/C19H23NO/c1-14-11-19(21-3)15(2)10-18(14)13-20-9-8-16-6-4-5-7-17(16)12-20/h4-7,10-11H,8-9,12-13H2,1-3H3. The number of fused-ring (bicyclic) bond motifs is 1. The number of rotatable bonds is 3. The summed E-state index contributed by atoms with van der Waals surface area (Å²) in [6, 6.07) is 13.2. The fraction of sp³-hybridized carbons (Fsp3) is 0.368. The largest absolute Gasteiger partial charge is 0.496 e. The van der Waals surface area contributed by atoms with E-state index in [2.05, 4.69) is 55.1 Å². The van der Waals surface area contributed by atoms with Gasteiger partial charge in [0.2, 0.25) is 0 Å². The Hall–Kier alpha value is -1.80. The molecule has 0 aromatic heterocycles. The van der Waals surface area contributed by atoms with Gasteiger partial charge in [-0.05, 0) is 54.2 Å². The quantitative estimate of drug-likeness (QED) is 0.847. The zero-order chi connectivity index (χ0) is 14.8. The lowest BCUT2D eigenvalue weighted by atomic mass is 9.98. The molecule has 2 nitrogen and oxygen atoms in total. The van der Waals surface area contributed by atoms with Crippen molar-refractivity contribution in [2.24, 2.45) is 0 Å². The van der Waals surface area contributed by atoms with E-state index in [-0.39, 0.29) is 0 Å². The summed E-state index contributed by atoms with van der Waals surface area (Å²) < 4.78 is 5.40. The molecule has 3 rings (SSSR count). The summed E-state index contributed by atoms with van der Waals surface area (Å²) >= 11 is 0. The van der Waals surface area contributed by atoms with Crippen LogP contribution in [0.25, 0.3) is 0 Å². The predicted octanol–water partition coefficient (Wildman–Crippen LogP) is 3.87. The third-order valence-corrected chi connectivity index (χ3v) is 4.46. The first kappa shape index (κ1) is 14.2. The molecule has 0 unspecified atom stereocenters. The van der Waals surface area contributed by atoms with E-state index in [9.17, 15) is 0 Å². The maximum atomic E-state index is 5.40. The lowest BCUT2D eigenvalue weighted by Gasteiger charge is -2.29. The van der Waals surface area contributed by atoms with Crippen LogP contribution in [0.15, 0.2) is 36.4 Å². The van der Waals surface area contributed by atoms with Gasteiger partial charge in [-0.2, -0.15) is 0 Å². The van der Waals surface area contributed by atoms with Crippen molar-refractivity contribution < 1.29 is 4.74 Å². The highest BCUT2D eigenvalue weighted by atomic mass is 16.5. The van der Waals surface area contributed by atoms with E-state index >= 15 is 0 Å². The SMILES string of the molecule is COc1cc(C)c(CN2CCc3ccccc3C2)cc1C. The first-order valence-corrected chi connectivity index (χ1v) is 7.60. The van der Waals surface area contributed by atoms with E-state index < -0.39 is 0 Å². The molecule has 1 aliphatic rings. The first-order valence-electron chi connectivity index (χ1n) is 7.60. The van der Waals surface area contributed by atoms with Crippen molar-refractivity contribution in [3.05, 3.63) is 64.2 Å². The van der Waals surface area contributed by atoms with Gasteiger partial charge in [-0.25, -0.2) is 0 Å². The Balaban J connectivity index is 1.78. The lowest BCUT2D eigenvalue weighted by Crippen LogP contribution is -2.30. The Morgan fingerprint density at radius 3 is 2.57 bits per heavy atom. The molecule has 0 saturated heterocycles. The fourth-order valence-corrected chi connectivity index (χ4v) is 3.17. The summed E-state index contributed by atoms with van der Waals surface area (Å²) in [5.74, 6) is 0.986. The number of hydrogen-bond donors (Lipinski definition) is 0. The molecule has 1 heterocycles. The summed E-state index contributed by atoms with van der Waals surface area (Å²) in [7, 11) is 1.74. The lowest BCUT2D eigenvalue weighted by molar-refractivity contribution is 0.245. The summed E-state index contributed by atoms with van der Waals surface area (Å²) in [5, 5.41) is 0. The number of methoxy groups -OCH3 is 1. The number of hydrogen-bond acceptors (Lipinski definition) is 2. The van der Waals surface area contributed by atoms with Crippen LogP contribution >= 0.6 is 0 Å². The minimum atomic E-state index is 0.986. The van der Waals surface area contributed by atoms with Crippen LogP contribution in [-0.2, 0) is 19.5 Å². The van der Waals surface area contributed by atoms with E-state index in [1.54, 1.807) is 7.11 Å². The smallest absolute Gasteiger partial charge is 0.122 e. The zero-order valence-electron chi connectivity index (χ0n) is 13.1. The van der Waals surface area contributed by atoms with E-state index in [0.717, 1.165) is 31.8 Å². The van der Waals surface area contributed by atoms with Gasteiger partial charge in [0.05, 0.1) is 7.11 Å². The van der Waals surface area contributed by atoms with Gasteiger partial charge in [0, 0.05) is 19.6 Å². The molecule has 0 saturated carbocycles. The second kappa shape index (κ2) is 5.90. The Morgan fingerprint density at radius 1 is 1.05 bits per heavy atom. The van der Waals surface area contributed by atoms with Crippen LogP contribution in [0.3, 0.4) is 0 Å². The van der Waals surface area contributed by atoms with Crippen LogP contribution in [0.4, 0.5) is 0 Å². The van der Waals surface area contributed by atoms with Gasteiger partial charge < -0.3 is 4.74 Å². The van der Waals surface area contributed by atoms with Crippen molar-refractivity contribution in [1.82, 2.24) is 4.90 Å². The van der Waals surface area contributed by atoms with Crippen molar-refractivity contribution in [3.8, 4) is 5.75 Å². The van der Waals surface area contributed by atoms with Crippen LogP contribution in [0.1, 0.15) is 27.8 Å². The summed E-state index contributed by atoms with van der Waals surface area (Å²) in [5.41, 5.74) is 6.93. The minimum Gasteiger partial charge on any atom is -0.496 e. The third kappa shape index (κ3) is 2.96. The van der Waals surface area contributed by atoms with Crippen LogP contribution in [0.5, 0.6) is 5.75 Å². The first-order chi connectivity index (χ1) is 10.2. The van der Waals surface area contributed by atoms with Crippen molar-refractivity contribution >= 4 is 0 Å². The van der Waals surface area contributed by atoms with Crippen LogP contribution in [0.2, 0.25) is 0 Å². The molecule has 0 bridgehead atoms. The number of aryl methyl sites for hydroxylation is 2. The molecule has 0 N–H and O–H groups in total. The second-order valence-electron chi connectivity index (χ2n) is 5.98. The van der Waals surface area contributed by atoms with Gasteiger partial charge in [0.15, 0.2) is 0 Å². The number of ether oxygens (including phenoxy) is 1. The molecular formula is C19H23NO. The summed E-state index contributed by atoms with van der Waals surface area (Å²) in [6.07, 6.45) is 1.16. The molecule has 2 aromatic carbocycles. The van der Waals surface area contributed by atoms with Crippen LogP contribution in [-0.4, -0.2) is 18.6 Å². The number of nitrogens with zero attached hydrogens (tertiary/aromatic N) is 1. The third-order valence-electron chi connectivity index (χ3n) is 4.46. The Kier molecular flexibility index (Phi) is 3.98. The Morgan fingerprint density at radius 2 is 1.81 bits per heavy atom. The zero-order valence-corrected chi connectivity index (χ0v) is 13.1. The summed E-state index contributed by atoms with van der Waals surface area (Å²) in [6.45, 7) is 7.51. The maximum absolute atomic E-state index is 5.40. The minimum absolute atomic E-state index is 0.986. The normalized spacial score (nSPS) is 14.8. The van der Waals surface area contributed by atoms with Crippen molar-refractivity contribution in [2.75, 3.05) is 13.7 Å². The molecule has 0 aliphatic carbocycles. The molecule has 0 fully saturated rings. The predicted molar refractivity (Wildman–Crippen MR) is 86.7 cm³/mol. The molecule has 0 amide bonds. The van der Waals surface area contributed by atoms with E-state index in [1.165, 1.54) is 27.8 Å². The molecule has 0 atom stereocenters. The van der Waals surface area contributed by atoms with Crippen molar-refractivity contribution in [1.29, 1.82) is 0 Å². The van der Waals surface area contributed by atoms with Gasteiger partial charge in [-0.1, -0.05) is 30.3 Å². The second-order valence-corrected chi connectivity index (χ2v) is 5.98. The maximum Gasteiger partial charge on any atom is 0.122 e. The van der Waals surface area contributed by atoms with Crippen molar-refractivity contribution in [2.45, 2.75) is 33.4 Å². The van der Waals surface area contributed by atoms with Crippen LogP contribution < -0.4 is 4.74 Å². The molecule has 110 valence electrons. The highest BCUT2D eigenvalue weighted by Gasteiger charge is 2.17. The molecule has 21 heavy (non-hydrogen) atoms. The average Bonchev–Trinajstić information content (AvgIpc) is 2.50. The van der Waals surface area contributed by atoms with Gasteiger partial charge in [-0.3, -0.25) is 4.90 Å². The topological polar surface area (TPSA) is 12.5 Å². The molecule has 2 aromatic rings. The highest BCUT2D eigenvalue weighted by Crippen LogP contribution is 2.25. The molecule has 1 aliphatic heterocycles. The summed E-state index contributed by atoms with van der Waals surface area (Å²) in [4.78, 5) is 2.54. The van der Waals surface area contributed by atoms with E-state index in [1.807, 2.05) is 0 Å². The fourth-order valence-electron chi connectivity index (χ4n) is 3.17. The van der Waals surface area contributed by atoms with Crippen LogP contribution in [0, 0.1) is 13.8 Å². The van der Waals surface area contributed by atoms with Crippen molar-refractivity contribution in [3.63, 3.8) is 0 Å². The average molecular weight is 281 g/mol. The van der Waals surface area contributed by atoms with Gasteiger partial charge >= 0.3 is 0 Å². The monoisotopic (exact) mass is 281 g/mol.